The predicted molar refractivity (Wildman–Crippen MR) is 55.5 cm³/mol. The van der Waals surface area contributed by atoms with Crippen molar-refractivity contribution < 1.29 is 9.90 Å². The van der Waals surface area contributed by atoms with Gasteiger partial charge in [0, 0.05) is 6.54 Å². The highest BCUT2D eigenvalue weighted by Gasteiger charge is 2.04. The Labute approximate surface area is 83.8 Å². The number of aromatic carboxylic acids is 1. The molecule has 3 heteroatoms. The van der Waals surface area contributed by atoms with Crippen molar-refractivity contribution in [2.75, 3.05) is 6.54 Å². The second-order valence-corrected chi connectivity index (χ2v) is 3.23. The molecular weight excluding hydrogens is 178 g/mol. The fraction of sp³-hybridized carbons (Fsp3) is 0.364. The quantitative estimate of drug-likeness (QED) is 0.766. The van der Waals surface area contributed by atoms with E-state index in [0.717, 1.165) is 24.2 Å². The molecule has 1 rings (SSSR count). The summed E-state index contributed by atoms with van der Waals surface area (Å²) in [5.41, 5.74) is 2.52. The molecule has 0 spiro atoms. The van der Waals surface area contributed by atoms with Crippen LogP contribution in [0.5, 0.6) is 0 Å². The second kappa shape index (κ2) is 4.77. The second-order valence-electron chi connectivity index (χ2n) is 3.23. The Morgan fingerprint density at radius 3 is 2.71 bits per heavy atom. The molecule has 0 amide bonds. The van der Waals surface area contributed by atoms with Crippen LogP contribution in [0.15, 0.2) is 18.2 Å². The van der Waals surface area contributed by atoms with Gasteiger partial charge in [-0.1, -0.05) is 13.0 Å². The molecule has 14 heavy (non-hydrogen) atoms. The van der Waals surface area contributed by atoms with Gasteiger partial charge < -0.3 is 10.4 Å². The number of aryl methyl sites for hydroxylation is 1. The van der Waals surface area contributed by atoms with Gasteiger partial charge in [-0.15, -0.1) is 0 Å². The summed E-state index contributed by atoms with van der Waals surface area (Å²) in [5.74, 6) is -0.872. The molecule has 76 valence electrons. The first-order valence-corrected chi connectivity index (χ1v) is 4.68. The van der Waals surface area contributed by atoms with Crippen molar-refractivity contribution in [3.05, 3.63) is 34.9 Å². The molecule has 0 fully saturated rings. The van der Waals surface area contributed by atoms with Crippen LogP contribution in [-0.2, 0) is 6.54 Å². The Kier molecular flexibility index (Phi) is 3.65. The molecule has 0 heterocycles. The third-order valence-corrected chi connectivity index (χ3v) is 2.15. The average molecular weight is 193 g/mol. The molecule has 0 atom stereocenters. The van der Waals surface area contributed by atoms with Gasteiger partial charge in [0.2, 0.25) is 0 Å². The van der Waals surface area contributed by atoms with Crippen LogP contribution in [0.1, 0.15) is 28.4 Å². The average Bonchev–Trinajstić information content (AvgIpc) is 2.15. The molecule has 0 aliphatic carbocycles. The lowest BCUT2D eigenvalue weighted by Gasteiger charge is -2.06. The van der Waals surface area contributed by atoms with Gasteiger partial charge in [-0.05, 0) is 36.7 Å². The highest BCUT2D eigenvalue weighted by Crippen LogP contribution is 2.10. The third-order valence-electron chi connectivity index (χ3n) is 2.15. The first kappa shape index (κ1) is 10.7. The fourth-order valence-corrected chi connectivity index (χ4v) is 1.29. The van der Waals surface area contributed by atoms with Crippen molar-refractivity contribution in [1.82, 2.24) is 5.32 Å². The van der Waals surface area contributed by atoms with E-state index < -0.39 is 5.97 Å². The first-order valence-electron chi connectivity index (χ1n) is 4.68. The highest BCUT2D eigenvalue weighted by atomic mass is 16.4. The Morgan fingerprint density at radius 1 is 1.50 bits per heavy atom. The van der Waals surface area contributed by atoms with E-state index in [9.17, 15) is 4.79 Å². The molecule has 0 saturated heterocycles. The molecule has 0 aliphatic heterocycles. The van der Waals surface area contributed by atoms with Crippen molar-refractivity contribution in [3.63, 3.8) is 0 Å². The maximum atomic E-state index is 10.7. The minimum atomic E-state index is -0.872. The Morgan fingerprint density at radius 2 is 2.21 bits per heavy atom. The zero-order valence-corrected chi connectivity index (χ0v) is 8.50. The maximum absolute atomic E-state index is 10.7. The van der Waals surface area contributed by atoms with Crippen LogP contribution in [0.25, 0.3) is 0 Å². The van der Waals surface area contributed by atoms with E-state index in [2.05, 4.69) is 5.32 Å². The van der Waals surface area contributed by atoms with Crippen LogP contribution in [0.4, 0.5) is 0 Å². The van der Waals surface area contributed by atoms with Crippen LogP contribution in [-0.4, -0.2) is 17.6 Å². The van der Waals surface area contributed by atoms with E-state index in [4.69, 9.17) is 5.11 Å². The number of rotatable bonds is 4. The molecule has 3 nitrogen and oxygen atoms in total. The first-order chi connectivity index (χ1) is 6.65. The topological polar surface area (TPSA) is 49.3 Å². The van der Waals surface area contributed by atoms with Crippen molar-refractivity contribution in [2.24, 2.45) is 0 Å². The molecule has 0 aromatic heterocycles. The summed E-state index contributed by atoms with van der Waals surface area (Å²) in [6.07, 6.45) is 0. The fourth-order valence-electron chi connectivity index (χ4n) is 1.29. The molecule has 0 aliphatic rings. The maximum Gasteiger partial charge on any atom is 0.335 e. The van der Waals surface area contributed by atoms with Crippen molar-refractivity contribution in [3.8, 4) is 0 Å². The van der Waals surface area contributed by atoms with Crippen molar-refractivity contribution >= 4 is 5.97 Å². The van der Waals surface area contributed by atoms with Gasteiger partial charge in [-0.3, -0.25) is 0 Å². The molecule has 0 saturated carbocycles. The van der Waals surface area contributed by atoms with Gasteiger partial charge >= 0.3 is 5.97 Å². The SMILES string of the molecule is CCNCc1ccc(C(=O)O)cc1C. The summed E-state index contributed by atoms with van der Waals surface area (Å²) < 4.78 is 0. The highest BCUT2D eigenvalue weighted by molar-refractivity contribution is 5.87. The minimum Gasteiger partial charge on any atom is -0.478 e. The molecule has 1 aromatic carbocycles. The Bertz CT molecular complexity index is 334. The van der Waals surface area contributed by atoms with Gasteiger partial charge in [0.1, 0.15) is 0 Å². The summed E-state index contributed by atoms with van der Waals surface area (Å²) in [4.78, 5) is 10.7. The summed E-state index contributed by atoms with van der Waals surface area (Å²) in [6.45, 7) is 5.68. The smallest absolute Gasteiger partial charge is 0.335 e. The van der Waals surface area contributed by atoms with Crippen LogP contribution >= 0.6 is 0 Å². The van der Waals surface area contributed by atoms with E-state index in [1.807, 2.05) is 19.9 Å². The summed E-state index contributed by atoms with van der Waals surface area (Å²) in [5, 5.41) is 12.0. The molecular formula is C11H15NO2. The number of carboxylic acid groups (broad SMARTS) is 1. The standard InChI is InChI=1S/C11H15NO2/c1-3-12-7-10-5-4-9(11(13)14)6-8(10)2/h4-6,12H,3,7H2,1-2H3,(H,13,14). The molecule has 0 bridgehead atoms. The van der Waals surface area contributed by atoms with E-state index in [1.54, 1.807) is 12.1 Å². The predicted octanol–water partition coefficient (Wildman–Crippen LogP) is 1.80. The van der Waals surface area contributed by atoms with E-state index >= 15 is 0 Å². The Hall–Kier alpha value is -1.35. The summed E-state index contributed by atoms with van der Waals surface area (Å²) in [6, 6.07) is 5.21. The third kappa shape index (κ3) is 2.57. The molecule has 0 radical (unpaired) electrons. The van der Waals surface area contributed by atoms with E-state index in [1.165, 1.54) is 0 Å². The van der Waals surface area contributed by atoms with Gasteiger partial charge in [0.15, 0.2) is 0 Å². The van der Waals surface area contributed by atoms with Gasteiger partial charge in [0.25, 0.3) is 0 Å². The van der Waals surface area contributed by atoms with Crippen LogP contribution < -0.4 is 5.32 Å². The lowest BCUT2D eigenvalue weighted by Crippen LogP contribution is -2.13. The Balaban J connectivity index is 2.84. The summed E-state index contributed by atoms with van der Waals surface area (Å²) >= 11 is 0. The van der Waals surface area contributed by atoms with E-state index in [0.29, 0.717) is 5.56 Å². The molecule has 0 unspecified atom stereocenters. The van der Waals surface area contributed by atoms with Gasteiger partial charge in [-0.2, -0.15) is 0 Å². The lowest BCUT2D eigenvalue weighted by atomic mass is 10.1. The number of carbonyl (C=O) groups is 1. The van der Waals surface area contributed by atoms with Crippen molar-refractivity contribution in [2.45, 2.75) is 20.4 Å². The number of carboxylic acids is 1. The number of hydrogen-bond donors (Lipinski definition) is 2. The number of nitrogens with one attached hydrogen (secondary N) is 1. The van der Waals surface area contributed by atoms with Crippen LogP contribution in [0.3, 0.4) is 0 Å². The zero-order chi connectivity index (χ0) is 10.6. The van der Waals surface area contributed by atoms with Crippen LogP contribution in [0, 0.1) is 6.92 Å². The molecule has 1 aromatic rings. The van der Waals surface area contributed by atoms with Gasteiger partial charge in [-0.25, -0.2) is 4.79 Å². The monoisotopic (exact) mass is 193 g/mol. The number of benzene rings is 1. The van der Waals surface area contributed by atoms with Crippen molar-refractivity contribution in [1.29, 1.82) is 0 Å². The van der Waals surface area contributed by atoms with Gasteiger partial charge in [0.05, 0.1) is 5.56 Å². The zero-order valence-electron chi connectivity index (χ0n) is 8.50. The normalized spacial score (nSPS) is 10.1. The molecule has 2 N–H and O–H groups in total. The largest absolute Gasteiger partial charge is 0.478 e. The summed E-state index contributed by atoms with van der Waals surface area (Å²) in [7, 11) is 0. The lowest BCUT2D eigenvalue weighted by molar-refractivity contribution is 0.0697. The number of hydrogen-bond acceptors (Lipinski definition) is 2. The van der Waals surface area contributed by atoms with E-state index in [-0.39, 0.29) is 0 Å². The van der Waals surface area contributed by atoms with Crippen LogP contribution in [0.2, 0.25) is 0 Å². The minimum absolute atomic E-state index is 0.350.